The first-order chi connectivity index (χ1) is 11.3. The summed E-state index contributed by atoms with van der Waals surface area (Å²) < 4.78 is 0. The van der Waals surface area contributed by atoms with Gasteiger partial charge in [-0.2, -0.15) is 0 Å². The standard InChI is InChI=1S/C18H28N4O2.2ClH/c1-18(2,20)17(24)21-10-13-5-3-6-14(9-13)11-22-8-4-7-15(12-22)16(19)23;;/h3,5-6,9,15H,4,7-8,10-12,20H2,1-2H3,(H2,19,23)(H,21,24);2*1H. The maximum absolute atomic E-state index is 11.9. The van der Waals surface area contributed by atoms with Gasteiger partial charge in [0.25, 0.3) is 0 Å². The predicted molar refractivity (Wildman–Crippen MR) is 108 cm³/mol. The molecule has 5 N–H and O–H groups in total. The number of hydrogen-bond donors (Lipinski definition) is 3. The minimum absolute atomic E-state index is 0. The molecule has 26 heavy (non-hydrogen) atoms. The molecule has 6 nitrogen and oxygen atoms in total. The summed E-state index contributed by atoms with van der Waals surface area (Å²) in [6, 6.07) is 8.11. The Bertz CT molecular complexity index is 605. The van der Waals surface area contributed by atoms with E-state index < -0.39 is 5.54 Å². The second-order valence-corrected chi connectivity index (χ2v) is 7.20. The van der Waals surface area contributed by atoms with Gasteiger partial charge in [-0.25, -0.2) is 0 Å². The van der Waals surface area contributed by atoms with Crippen molar-refractivity contribution >= 4 is 36.6 Å². The lowest BCUT2D eigenvalue weighted by atomic mass is 9.97. The molecule has 1 aromatic rings. The first kappa shape index (κ1) is 24.7. The summed E-state index contributed by atoms with van der Waals surface area (Å²) in [6.45, 7) is 6.31. The van der Waals surface area contributed by atoms with E-state index in [1.807, 2.05) is 12.1 Å². The summed E-state index contributed by atoms with van der Waals surface area (Å²) in [5.41, 5.74) is 12.5. The summed E-state index contributed by atoms with van der Waals surface area (Å²) in [4.78, 5) is 25.5. The van der Waals surface area contributed by atoms with Crippen LogP contribution in [0.15, 0.2) is 24.3 Å². The van der Waals surface area contributed by atoms with Crippen molar-refractivity contribution in [2.75, 3.05) is 13.1 Å². The van der Waals surface area contributed by atoms with E-state index in [-0.39, 0.29) is 42.5 Å². The summed E-state index contributed by atoms with van der Waals surface area (Å²) in [5.74, 6) is -0.429. The van der Waals surface area contributed by atoms with Crippen LogP contribution < -0.4 is 16.8 Å². The minimum atomic E-state index is -0.880. The number of carbonyl (C=O) groups excluding carboxylic acids is 2. The highest BCUT2D eigenvalue weighted by molar-refractivity contribution is 5.86. The Balaban J connectivity index is 0.00000312. The van der Waals surface area contributed by atoms with Crippen LogP contribution in [0, 0.1) is 5.92 Å². The monoisotopic (exact) mass is 404 g/mol. The fraction of sp³-hybridized carbons (Fsp3) is 0.556. The number of carbonyl (C=O) groups is 2. The highest BCUT2D eigenvalue weighted by atomic mass is 35.5. The van der Waals surface area contributed by atoms with Crippen LogP contribution in [0.4, 0.5) is 0 Å². The fourth-order valence-electron chi connectivity index (χ4n) is 2.94. The number of benzene rings is 1. The molecule has 0 saturated carbocycles. The van der Waals surface area contributed by atoms with E-state index in [0.717, 1.165) is 38.0 Å². The Morgan fingerprint density at radius 1 is 1.27 bits per heavy atom. The van der Waals surface area contributed by atoms with Crippen molar-refractivity contribution in [1.29, 1.82) is 0 Å². The number of likely N-dealkylation sites (tertiary alicyclic amines) is 1. The van der Waals surface area contributed by atoms with E-state index in [1.54, 1.807) is 13.8 Å². The van der Waals surface area contributed by atoms with Crippen molar-refractivity contribution in [2.24, 2.45) is 17.4 Å². The molecule has 1 fully saturated rings. The Labute approximate surface area is 167 Å². The predicted octanol–water partition coefficient (Wildman–Crippen LogP) is 1.58. The van der Waals surface area contributed by atoms with Gasteiger partial charge >= 0.3 is 0 Å². The zero-order chi connectivity index (χ0) is 17.7. The molecule has 0 aromatic heterocycles. The van der Waals surface area contributed by atoms with Crippen LogP contribution in [0.5, 0.6) is 0 Å². The van der Waals surface area contributed by atoms with E-state index >= 15 is 0 Å². The van der Waals surface area contributed by atoms with Gasteiger partial charge in [0, 0.05) is 19.6 Å². The van der Waals surface area contributed by atoms with Crippen molar-refractivity contribution in [3.8, 4) is 0 Å². The molecule has 0 radical (unpaired) electrons. The SMILES string of the molecule is CC(C)(N)C(=O)NCc1cccc(CN2CCCC(C(N)=O)C2)c1.Cl.Cl. The van der Waals surface area contributed by atoms with E-state index in [9.17, 15) is 9.59 Å². The molecule has 1 unspecified atom stereocenters. The van der Waals surface area contributed by atoms with Crippen molar-refractivity contribution in [3.63, 3.8) is 0 Å². The van der Waals surface area contributed by atoms with Crippen LogP contribution in [0.3, 0.4) is 0 Å². The second kappa shape index (κ2) is 10.7. The van der Waals surface area contributed by atoms with E-state index in [4.69, 9.17) is 11.5 Å². The molecule has 1 heterocycles. The first-order valence-electron chi connectivity index (χ1n) is 8.42. The smallest absolute Gasteiger partial charge is 0.239 e. The molecule has 2 amide bonds. The lowest BCUT2D eigenvalue weighted by Gasteiger charge is -2.31. The second-order valence-electron chi connectivity index (χ2n) is 7.20. The highest BCUT2D eigenvalue weighted by Crippen LogP contribution is 2.18. The number of halogens is 2. The van der Waals surface area contributed by atoms with Crippen LogP contribution in [0.2, 0.25) is 0 Å². The molecular formula is C18H30Cl2N4O2. The first-order valence-corrected chi connectivity index (χ1v) is 8.42. The maximum atomic E-state index is 11.9. The third-order valence-electron chi connectivity index (χ3n) is 4.34. The van der Waals surface area contributed by atoms with Crippen molar-refractivity contribution in [1.82, 2.24) is 10.2 Å². The molecule has 148 valence electrons. The number of hydrogen-bond acceptors (Lipinski definition) is 4. The molecule has 2 rings (SSSR count). The molecule has 1 aliphatic heterocycles. The number of amides is 2. The van der Waals surface area contributed by atoms with Gasteiger partial charge in [0.05, 0.1) is 11.5 Å². The normalized spacial score (nSPS) is 17.6. The summed E-state index contributed by atoms with van der Waals surface area (Å²) in [6.07, 6.45) is 1.88. The van der Waals surface area contributed by atoms with Gasteiger partial charge in [0.15, 0.2) is 0 Å². The topological polar surface area (TPSA) is 101 Å². The van der Waals surface area contributed by atoms with Gasteiger partial charge in [0.2, 0.25) is 11.8 Å². The van der Waals surface area contributed by atoms with E-state index in [0.29, 0.717) is 6.54 Å². The molecule has 8 heteroatoms. The maximum Gasteiger partial charge on any atom is 0.239 e. The van der Waals surface area contributed by atoms with Gasteiger partial charge in [0.1, 0.15) is 0 Å². The van der Waals surface area contributed by atoms with Gasteiger partial charge < -0.3 is 16.8 Å². The van der Waals surface area contributed by atoms with Gasteiger partial charge in [-0.05, 0) is 44.4 Å². The summed E-state index contributed by atoms with van der Waals surface area (Å²) >= 11 is 0. The van der Waals surface area contributed by atoms with Crippen LogP contribution in [-0.2, 0) is 22.7 Å². The van der Waals surface area contributed by atoms with E-state index in [2.05, 4.69) is 22.3 Å². The molecule has 0 aliphatic carbocycles. The Kier molecular flexibility index (Phi) is 10.2. The summed E-state index contributed by atoms with van der Waals surface area (Å²) in [5, 5.41) is 2.85. The van der Waals surface area contributed by atoms with Crippen LogP contribution >= 0.6 is 24.8 Å². The zero-order valence-electron chi connectivity index (χ0n) is 15.4. The third kappa shape index (κ3) is 7.50. The van der Waals surface area contributed by atoms with Crippen molar-refractivity contribution < 1.29 is 9.59 Å². The number of nitrogens with zero attached hydrogens (tertiary/aromatic N) is 1. The van der Waals surface area contributed by atoms with Crippen LogP contribution in [-0.4, -0.2) is 35.3 Å². The molecule has 1 atom stereocenters. The average molecular weight is 405 g/mol. The third-order valence-corrected chi connectivity index (χ3v) is 4.34. The minimum Gasteiger partial charge on any atom is -0.369 e. The van der Waals surface area contributed by atoms with Crippen molar-refractivity contribution in [3.05, 3.63) is 35.4 Å². The average Bonchev–Trinajstić information content (AvgIpc) is 2.52. The van der Waals surface area contributed by atoms with Gasteiger partial charge in [-0.1, -0.05) is 24.3 Å². The van der Waals surface area contributed by atoms with Crippen molar-refractivity contribution in [2.45, 2.75) is 45.3 Å². The van der Waals surface area contributed by atoms with Gasteiger partial charge in [-0.15, -0.1) is 24.8 Å². The van der Waals surface area contributed by atoms with Gasteiger partial charge in [-0.3, -0.25) is 14.5 Å². The number of primary amides is 1. The lowest BCUT2D eigenvalue weighted by Crippen LogP contribution is -2.48. The number of nitrogens with one attached hydrogen (secondary N) is 1. The quantitative estimate of drug-likeness (QED) is 0.669. The van der Waals surface area contributed by atoms with Crippen LogP contribution in [0.1, 0.15) is 37.8 Å². The van der Waals surface area contributed by atoms with E-state index in [1.165, 1.54) is 5.56 Å². The molecule has 0 bridgehead atoms. The molecule has 1 saturated heterocycles. The molecule has 1 aromatic carbocycles. The number of piperidine rings is 1. The number of nitrogens with two attached hydrogens (primary N) is 2. The Morgan fingerprint density at radius 3 is 2.54 bits per heavy atom. The Morgan fingerprint density at radius 2 is 1.92 bits per heavy atom. The summed E-state index contributed by atoms with van der Waals surface area (Å²) in [7, 11) is 0. The molecular weight excluding hydrogens is 375 g/mol. The molecule has 1 aliphatic rings. The highest BCUT2D eigenvalue weighted by Gasteiger charge is 2.24. The molecule has 0 spiro atoms. The lowest BCUT2D eigenvalue weighted by molar-refractivity contribution is -0.125. The number of rotatable bonds is 6. The Hall–Kier alpha value is -1.34. The largest absolute Gasteiger partial charge is 0.369 e. The fourth-order valence-corrected chi connectivity index (χ4v) is 2.94. The van der Waals surface area contributed by atoms with Crippen LogP contribution in [0.25, 0.3) is 0 Å². The zero-order valence-corrected chi connectivity index (χ0v) is 17.0.